The van der Waals surface area contributed by atoms with Crippen LogP contribution in [0, 0.1) is 5.92 Å². The average molecular weight is 353 g/mol. The van der Waals surface area contributed by atoms with E-state index in [-0.39, 0.29) is 37.4 Å². The van der Waals surface area contributed by atoms with Gasteiger partial charge in [-0.25, -0.2) is 4.79 Å². The zero-order valence-electron chi connectivity index (χ0n) is 15.1. The molecular formula is C17H27N3O5. The van der Waals surface area contributed by atoms with Crippen molar-refractivity contribution in [3.05, 3.63) is 0 Å². The number of nitrogens with zero attached hydrogens (tertiary/aromatic N) is 1. The Morgan fingerprint density at radius 3 is 2.56 bits per heavy atom. The molecule has 1 saturated heterocycles. The number of rotatable bonds is 6. The van der Waals surface area contributed by atoms with E-state index in [0.717, 1.165) is 24.2 Å². The van der Waals surface area contributed by atoms with Gasteiger partial charge in [0.15, 0.2) is 6.61 Å². The quantitative estimate of drug-likeness (QED) is 0.546. The highest BCUT2D eigenvalue weighted by atomic mass is 16.5. The van der Waals surface area contributed by atoms with Crippen molar-refractivity contribution in [2.75, 3.05) is 13.2 Å². The summed E-state index contributed by atoms with van der Waals surface area (Å²) in [7, 11) is 0. The summed E-state index contributed by atoms with van der Waals surface area (Å²) in [6.07, 6.45) is 4.18. The van der Waals surface area contributed by atoms with Crippen LogP contribution in [-0.2, 0) is 19.1 Å². The van der Waals surface area contributed by atoms with Gasteiger partial charge >= 0.3 is 12.0 Å². The molecule has 2 atom stereocenters. The molecule has 1 aliphatic carbocycles. The number of urea groups is 1. The first-order chi connectivity index (χ1) is 11.7. The van der Waals surface area contributed by atoms with Gasteiger partial charge in [-0.05, 0) is 32.6 Å². The van der Waals surface area contributed by atoms with Crippen molar-refractivity contribution in [2.24, 2.45) is 5.92 Å². The Morgan fingerprint density at radius 2 is 1.96 bits per heavy atom. The first-order valence-corrected chi connectivity index (χ1v) is 8.80. The van der Waals surface area contributed by atoms with E-state index in [9.17, 15) is 19.2 Å². The summed E-state index contributed by atoms with van der Waals surface area (Å²) in [5.41, 5.74) is -0.961. The van der Waals surface area contributed by atoms with Crippen molar-refractivity contribution in [1.29, 1.82) is 0 Å². The van der Waals surface area contributed by atoms with Crippen molar-refractivity contribution in [2.45, 2.75) is 64.5 Å². The first kappa shape index (κ1) is 19.2. The molecule has 1 saturated carbocycles. The van der Waals surface area contributed by atoms with Crippen LogP contribution in [0.5, 0.6) is 0 Å². The van der Waals surface area contributed by atoms with E-state index in [1.165, 1.54) is 6.42 Å². The normalized spacial score (nSPS) is 25.5. The number of nitrogens with one attached hydrogen (secondary N) is 2. The molecule has 1 heterocycles. The lowest BCUT2D eigenvalue weighted by atomic mass is 9.86. The van der Waals surface area contributed by atoms with E-state index in [1.54, 1.807) is 13.8 Å². The van der Waals surface area contributed by atoms with Crippen molar-refractivity contribution in [3.8, 4) is 0 Å². The van der Waals surface area contributed by atoms with Gasteiger partial charge in [0.05, 0.1) is 6.42 Å². The van der Waals surface area contributed by atoms with Gasteiger partial charge in [-0.3, -0.25) is 19.3 Å². The molecule has 0 bridgehead atoms. The summed E-state index contributed by atoms with van der Waals surface area (Å²) < 4.78 is 4.94. The number of esters is 1. The molecule has 0 aromatic carbocycles. The maximum Gasteiger partial charge on any atom is 0.325 e. The lowest BCUT2D eigenvalue weighted by molar-refractivity contribution is -0.149. The molecule has 0 aromatic heterocycles. The van der Waals surface area contributed by atoms with Crippen LogP contribution < -0.4 is 10.6 Å². The van der Waals surface area contributed by atoms with E-state index < -0.39 is 17.5 Å². The molecule has 8 heteroatoms. The SMILES string of the molecule is C[C@@H]1CCCC[C@@H]1NC(=O)COC(=O)CCN1C(=O)NC(C)(C)C1=O. The molecule has 2 rings (SSSR count). The minimum absolute atomic E-state index is 0.0613. The fraction of sp³-hybridized carbons (Fsp3) is 0.765. The summed E-state index contributed by atoms with van der Waals surface area (Å²) in [5.74, 6) is -0.883. The highest BCUT2D eigenvalue weighted by Gasteiger charge is 2.44. The van der Waals surface area contributed by atoms with Crippen LogP contribution in [0.3, 0.4) is 0 Å². The van der Waals surface area contributed by atoms with Gasteiger partial charge in [0.1, 0.15) is 5.54 Å². The summed E-state index contributed by atoms with van der Waals surface area (Å²) in [6, 6.07) is -0.389. The zero-order valence-corrected chi connectivity index (χ0v) is 15.1. The lowest BCUT2D eigenvalue weighted by Gasteiger charge is -2.29. The number of carbonyl (C=O) groups excluding carboxylic acids is 4. The zero-order chi connectivity index (χ0) is 18.6. The molecule has 0 spiro atoms. The van der Waals surface area contributed by atoms with Gasteiger partial charge in [0, 0.05) is 12.6 Å². The topological polar surface area (TPSA) is 105 Å². The first-order valence-electron chi connectivity index (χ1n) is 8.80. The van der Waals surface area contributed by atoms with E-state index in [0.29, 0.717) is 5.92 Å². The van der Waals surface area contributed by atoms with Crippen LogP contribution >= 0.6 is 0 Å². The Hall–Kier alpha value is -2.12. The molecule has 2 aliphatic rings. The van der Waals surface area contributed by atoms with Crippen molar-refractivity contribution in [3.63, 3.8) is 0 Å². The number of hydrogen-bond donors (Lipinski definition) is 2. The Morgan fingerprint density at radius 1 is 1.28 bits per heavy atom. The van der Waals surface area contributed by atoms with Crippen LogP contribution in [0.2, 0.25) is 0 Å². The van der Waals surface area contributed by atoms with E-state index >= 15 is 0 Å². The summed E-state index contributed by atoms with van der Waals surface area (Å²) in [6.45, 7) is 4.90. The molecule has 0 aromatic rings. The van der Waals surface area contributed by atoms with E-state index in [1.807, 2.05) is 0 Å². The third kappa shape index (κ3) is 4.93. The predicted molar refractivity (Wildman–Crippen MR) is 89.5 cm³/mol. The van der Waals surface area contributed by atoms with Gasteiger partial charge in [0.25, 0.3) is 11.8 Å². The smallest absolute Gasteiger partial charge is 0.325 e. The van der Waals surface area contributed by atoms with E-state index in [4.69, 9.17) is 4.74 Å². The molecule has 0 unspecified atom stereocenters. The van der Waals surface area contributed by atoms with Crippen LogP contribution in [0.25, 0.3) is 0 Å². The fourth-order valence-electron chi connectivity index (χ4n) is 3.22. The molecule has 1 aliphatic heterocycles. The number of hydrogen-bond acceptors (Lipinski definition) is 5. The number of carbonyl (C=O) groups is 4. The van der Waals surface area contributed by atoms with Crippen molar-refractivity contribution in [1.82, 2.24) is 15.5 Å². The molecule has 25 heavy (non-hydrogen) atoms. The molecule has 140 valence electrons. The third-order valence-corrected chi connectivity index (χ3v) is 4.81. The predicted octanol–water partition coefficient (Wildman–Crippen LogP) is 0.945. The number of imide groups is 1. The van der Waals surface area contributed by atoms with E-state index in [2.05, 4.69) is 17.6 Å². The minimum atomic E-state index is -0.961. The monoisotopic (exact) mass is 353 g/mol. The Labute approximate surface area is 147 Å². The second-order valence-corrected chi connectivity index (χ2v) is 7.36. The minimum Gasteiger partial charge on any atom is -0.456 e. The molecule has 2 N–H and O–H groups in total. The maximum atomic E-state index is 12.0. The Bertz CT molecular complexity index is 560. The lowest BCUT2D eigenvalue weighted by Crippen LogP contribution is -2.43. The Kier molecular flexibility index (Phi) is 6.02. The van der Waals surface area contributed by atoms with Gasteiger partial charge in [-0.1, -0.05) is 19.8 Å². The van der Waals surface area contributed by atoms with Gasteiger partial charge in [0.2, 0.25) is 0 Å². The third-order valence-electron chi connectivity index (χ3n) is 4.81. The van der Waals surface area contributed by atoms with Crippen LogP contribution in [-0.4, -0.2) is 53.4 Å². The number of amides is 4. The molecule has 4 amide bonds. The molecular weight excluding hydrogens is 326 g/mol. The summed E-state index contributed by atoms with van der Waals surface area (Å²) in [4.78, 5) is 48.4. The second-order valence-electron chi connectivity index (χ2n) is 7.36. The average Bonchev–Trinajstić information content (AvgIpc) is 2.73. The fourth-order valence-corrected chi connectivity index (χ4v) is 3.22. The van der Waals surface area contributed by atoms with Crippen LogP contribution in [0.15, 0.2) is 0 Å². The summed E-state index contributed by atoms with van der Waals surface area (Å²) >= 11 is 0. The largest absolute Gasteiger partial charge is 0.456 e. The molecule has 2 fully saturated rings. The second kappa shape index (κ2) is 7.84. The van der Waals surface area contributed by atoms with Gasteiger partial charge < -0.3 is 15.4 Å². The van der Waals surface area contributed by atoms with Crippen molar-refractivity contribution < 1.29 is 23.9 Å². The van der Waals surface area contributed by atoms with Gasteiger partial charge in [-0.2, -0.15) is 0 Å². The maximum absolute atomic E-state index is 12.0. The highest BCUT2D eigenvalue weighted by Crippen LogP contribution is 2.23. The Balaban J connectivity index is 1.69. The van der Waals surface area contributed by atoms with Gasteiger partial charge in [-0.15, -0.1) is 0 Å². The number of ether oxygens (including phenoxy) is 1. The van der Waals surface area contributed by atoms with Crippen LogP contribution in [0.4, 0.5) is 4.79 Å². The summed E-state index contributed by atoms with van der Waals surface area (Å²) in [5, 5.41) is 5.44. The standard InChI is InChI=1S/C17H27N3O5/c1-11-6-4-5-7-12(11)18-13(21)10-25-14(22)8-9-20-15(23)17(2,3)19-16(20)24/h11-12H,4-10H2,1-3H3,(H,18,21)(H,19,24)/t11-,12+/m1/s1. The van der Waals surface area contributed by atoms with Crippen LogP contribution in [0.1, 0.15) is 52.9 Å². The molecule has 8 nitrogen and oxygen atoms in total. The highest BCUT2D eigenvalue weighted by molar-refractivity contribution is 6.06. The van der Waals surface area contributed by atoms with Crippen molar-refractivity contribution >= 4 is 23.8 Å². The molecule has 0 radical (unpaired) electrons.